The molecule has 0 fully saturated rings. The highest BCUT2D eigenvalue weighted by Crippen LogP contribution is 2.20. The Morgan fingerprint density at radius 3 is 0.652 bits per heavy atom. The van der Waals surface area contributed by atoms with Crippen molar-refractivity contribution in [3.63, 3.8) is 0 Å². The second-order valence-corrected chi connectivity index (χ2v) is 22.9. The molecule has 1 amide bonds. The van der Waals surface area contributed by atoms with Gasteiger partial charge in [-0.15, -0.1) is 0 Å². The number of amides is 1. The summed E-state index contributed by atoms with van der Waals surface area (Å²) >= 11 is 0. The molecular weight excluding hydrogens is 843 g/mol. The fourth-order valence-corrected chi connectivity index (χ4v) is 10.9. The molecule has 0 aliphatic heterocycles. The molecule has 0 saturated carbocycles. The van der Waals surface area contributed by atoms with Crippen LogP contribution in [0.3, 0.4) is 0 Å². The second-order valence-electron chi connectivity index (χ2n) is 22.9. The number of carbonyl (C=O) groups is 1. The minimum absolute atomic E-state index is 0.0211. The van der Waals surface area contributed by atoms with Crippen LogP contribution >= 0.6 is 0 Å². The Labute approximate surface area is 435 Å². The van der Waals surface area contributed by atoms with E-state index in [0.29, 0.717) is 12.8 Å². The zero-order valence-corrected chi connectivity index (χ0v) is 47.9. The molecule has 4 nitrogen and oxygen atoms in total. The van der Waals surface area contributed by atoms with Crippen molar-refractivity contribution >= 4 is 5.91 Å². The summed E-state index contributed by atoms with van der Waals surface area (Å²) in [6, 6.07) is -0.531. The van der Waals surface area contributed by atoms with Gasteiger partial charge in [-0.2, -0.15) is 0 Å². The maximum Gasteiger partial charge on any atom is 0.220 e. The largest absolute Gasteiger partial charge is 0.394 e. The summed E-state index contributed by atoms with van der Waals surface area (Å²) in [6.45, 7) is 4.41. The maximum absolute atomic E-state index is 12.5. The van der Waals surface area contributed by atoms with Gasteiger partial charge in [-0.25, -0.2) is 0 Å². The van der Waals surface area contributed by atoms with Crippen LogP contribution in [0.4, 0.5) is 0 Å². The first-order valence-corrected chi connectivity index (χ1v) is 32.7. The molecule has 0 spiro atoms. The van der Waals surface area contributed by atoms with E-state index < -0.39 is 12.1 Å². The van der Waals surface area contributed by atoms with Crippen molar-refractivity contribution in [2.45, 2.75) is 405 Å². The van der Waals surface area contributed by atoms with Crippen molar-refractivity contribution in [1.82, 2.24) is 5.32 Å². The topological polar surface area (TPSA) is 69.6 Å². The molecule has 0 rings (SSSR count). The SMILES string of the molecule is CCCCCCCCCCCCCCCCCCCCCCCCCCCCCCCCCCCCCCCCCCC(=O)NC(CO)C(O)CCCCCCCCCCCCCCCCCCC. The van der Waals surface area contributed by atoms with Gasteiger partial charge in [0.2, 0.25) is 5.91 Å². The van der Waals surface area contributed by atoms with Crippen LogP contribution < -0.4 is 5.32 Å². The first kappa shape index (κ1) is 68.4. The van der Waals surface area contributed by atoms with Gasteiger partial charge >= 0.3 is 0 Å². The smallest absolute Gasteiger partial charge is 0.220 e. The molecule has 414 valence electrons. The third-order valence-electron chi connectivity index (χ3n) is 15.9. The fraction of sp³-hybridized carbons (Fsp3) is 0.985. The van der Waals surface area contributed by atoms with E-state index in [1.807, 2.05) is 0 Å². The molecule has 0 aliphatic carbocycles. The quantitative estimate of drug-likeness (QED) is 0.0532. The number of unbranched alkanes of at least 4 members (excludes halogenated alkanes) is 55. The third kappa shape index (κ3) is 58.2. The van der Waals surface area contributed by atoms with E-state index in [0.717, 1.165) is 25.7 Å². The summed E-state index contributed by atoms with van der Waals surface area (Å²) in [4.78, 5) is 12.5. The van der Waals surface area contributed by atoms with Gasteiger partial charge in [0.1, 0.15) is 0 Å². The lowest BCUT2D eigenvalue weighted by atomic mass is 10.0. The Morgan fingerprint density at radius 1 is 0.290 bits per heavy atom. The van der Waals surface area contributed by atoms with Crippen molar-refractivity contribution < 1.29 is 15.0 Å². The molecule has 2 atom stereocenters. The normalized spacial score (nSPS) is 12.6. The van der Waals surface area contributed by atoms with Crippen LogP contribution in [0.15, 0.2) is 0 Å². The molecule has 3 N–H and O–H groups in total. The highest BCUT2D eigenvalue weighted by Gasteiger charge is 2.20. The van der Waals surface area contributed by atoms with E-state index >= 15 is 0 Å². The summed E-state index contributed by atoms with van der Waals surface area (Å²) in [5.41, 5.74) is 0. The first-order chi connectivity index (χ1) is 34.2. The first-order valence-electron chi connectivity index (χ1n) is 32.7. The Morgan fingerprint density at radius 2 is 0.464 bits per heavy atom. The lowest BCUT2D eigenvalue weighted by Crippen LogP contribution is -2.45. The van der Waals surface area contributed by atoms with E-state index in [9.17, 15) is 15.0 Å². The molecule has 0 radical (unpaired) electrons. The lowest BCUT2D eigenvalue weighted by molar-refractivity contribution is -0.123. The van der Waals surface area contributed by atoms with Crippen molar-refractivity contribution in [3.05, 3.63) is 0 Å². The van der Waals surface area contributed by atoms with Crippen LogP contribution in [0.2, 0.25) is 0 Å². The highest BCUT2D eigenvalue weighted by molar-refractivity contribution is 5.76. The van der Waals surface area contributed by atoms with Gasteiger partial charge in [-0.3, -0.25) is 4.79 Å². The van der Waals surface area contributed by atoms with Gasteiger partial charge in [-0.05, 0) is 12.8 Å². The zero-order chi connectivity index (χ0) is 49.9. The molecule has 0 heterocycles. The minimum Gasteiger partial charge on any atom is -0.394 e. The monoisotopic (exact) mass is 974 g/mol. The van der Waals surface area contributed by atoms with Crippen LogP contribution in [-0.2, 0) is 4.79 Å². The molecule has 2 unspecified atom stereocenters. The fourth-order valence-electron chi connectivity index (χ4n) is 10.9. The number of nitrogens with one attached hydrogen (secondary N) is 1. The standard InChI is InChI=1S/C65H131NO3/c1-3-5-7-9-11-13-15-17-19-21-22-23-24-25-26-27-28-29-30-31-32-33-34-35-36-37-38-39-40-41-42-43-45-47-49-51-53-55-57-59-61-65(69)66-63(62-67)64(68)60-58-56-54-52-50-48-46-44-20-18-16-14-12-10-8-6-4-2/h63-64,67-68H,3-62H2,1-2H3,(H,66,69). The number of aliphatic hydroxyl groups is 2. The third-order valence-corrected chi connectivity index (χ3v) is 15.9. The Kier molecular flexibility index (Phi) is 61.1. The van der Waals surface area contributed by atoms with Gasteiger partial charge in [0, 0.05) is 6.42 Å². The van der Waals surface area contributed by atoms with Crippen LogP contribution in [0.25, 0.3) is 0 Å². The Bertz CT molecular complexity index is 925. The van der Waals surface area contributed by atoms with E-state index in [1.54, 1.807) is 0 Å². The summed E-state index contributed by atoms with van der Waals surface area (Å²) in [5.74, 6) is -0.0211. The highest BCUT2D eigenvalue weighted by atomic mass is 16.3. The molecule has 0 saturated heterocycles. The number of hydrogen-bond donors (Lipinski definition) is 3. The number of rotatable bonds is 62. The predicted molar refractivity (Wildman–Crippen MR) is 309 cm³/mol. The van der Waals surface area contributed by atoms with Crippen molar-refractivity contribution in [2.75, 3.05) is 6.61 Å². The zero-order valence-electron chi connectivity index (χ0n) is 47.9. The summed E-state index contributed by atoms with van der Waals surface area (Å²) in [5, 5.41) is 23.4. The molecule has 0 aromatic heterocycles. The minimum atomic E-state index is -0.655. The summed E-state index contributed by atoms with van der Waals surface area (Å²) in [7, 11) is 0. The van der Waals surface area contributed by atoms with E-state index in [-0.39, 0.29) is 12.5 Å². The van der Waals surface area contributed by atoms with Crippen molar-refractivity contribution in [3.8, 4) is 0 Å². The van der Waals surface area contributed by atoms with Crippen molar-refractivity contribution in [1.29, 1.82) is 0 Å². The second kappa shape index (κ2) is 61.7. The molecule has 0 aromatic rings. The average molecular weight is 975 g/mol. The molecule has 0 aliphatic rings. The van der Waals surface area contributed by atoms with Crippen LogP contribution in [0.5, 0.6) is 0 Å². The van der Waals surface area contributed by atoms with Crippen molar-refractivity contribution in [2.24, 2.45) is 0 Å². The molecule has 69 heavy (non-hydrogen) atoms. The van der Waals surface area contributed by atoms with Gasteiger partial charge in [0.25, 0.3) is 0 Å². The molecular formula is C65H131NO3. The summed E-state index contributed by atoms with van der Waals surface area (Å²) in [6.07, 6.45) is 80.1. The average Bonchev–Trinajstić information content (AvgIpc) is 3.35. The van der Waals surface area contributed by atoms with Gasteiger partial charge in [-0.1, -0.05) is 373 Å². The molecule has 0 aromatic carbocycles. The van der Waals surface area contributed by atoms with Crippen LogP contribution in [-0.4, -0.2) is 34.9 Å². The van der Waals surface area contributed by atoms with Gasteiger partial charge in [0.15, 0.2) is 0 Å². The number of hydrogen-bond acceptors (Lipinski definition) is 3. The Hall–Kier alpha value is -0.610. The van der Waals surface area contributed by atoms with E-state index in [2.05, 4.69) is 19.2 Å². The van der Waals surface area contributed by atoms with Gasteiger partial charge in [0.05, 0.1) is 18.8 Å². The van der Waals surface area contributed by atoms with Crippen LogP contribution in [0, 0.1) is 0 Å². The van der Waals surface area contributed by atoms with Crippen LogP contribution in [0.1, 0.15) is 393 Å². The number of aliphatic hydroxyl groups excluding tert-OH is 2. The lowest BCUT2D eigenvalue weighted by Gasteiger charge is -2.22. The van der Waals surface area contributed by atoms with Gasteiger partial charge < -0.3 is 15.5 Å². The molecule has 0 bridgehead atoms. The Balaban J connectivity index is 3.31. The molecule has 4 heteroatoms. The van der Waals surface area contributed by atoms with E-state index in [4.69, 9.17) is 0 Å². The number of carbonyl (C=O) groups excluding carboxylic acids is 1. The summed E-state index contributed by atoms with van der Waals surface area (Å²) < 4.78 is 0. The van der Waals surface area contributed by atoms with E-state index in [1.165, 1.54) is 340 Å². The predicted octanol–water partition coefficient (Wildman–Crippen LogP) is 21.9. The maximum atomic E-state index is 12.5.